The number of hydrogen-bond donors (Lipinski definition) is 3. The molecule has 0 fully saturated rings. The Hall–Kier alpha value is -2.46. The van der Waals surface area contributed by atoms with Crippen LogP contribution in [0.1, 0.15) is 30.5 Å². The number of nitrogens with one attached hydrogen (secondary N) is 1. The number of rotatable bonds is 2. The highest BCUT2D eigenvalue weighted by molar-refractivity contribution is 5.93. The molecule has 114 valence electrons. The van der Waals surface area contributed by atoms with Gasteiger partial charge in [0, 0.05) is 29.4 Å². The summed E-state index contributed by atoms with van der Waals surface area (Å²) in [6.07, 6.45) is 0. The van der Waals surface area contributed by atoms with E-state index in [9.17, 15) is 0 Å². The first-order valence-electron chi connectivity index (χ1n) is 7.55. The van der Waals surface area contributed by atoms with Crippen LogP contribution in [0.15, 0.2) is 48.5 Å². The van der Waals surface area contributed by atoms with Gasteiger partial charge in [0.2, 0.25) is 0 Å². The maximum absolute atomic E-state index is 6.53. The van der Waals surface area contributed by atoms with Gasteiger partial charge in [-0.2, -0.15) is 0 Å². The Morgan fingerprint density at radius 2 is 1.64 bits per heavy atom. The van der Waals surface area contributed by atoms with Crippen LogP contribution in [-0.4, -0.2) is 11.1 Å². The van der Waals surface area contributed by atoms with Gasteiger partial charge >= 0.3 is 0 Å². The van der Waals surface area contributed by atoms with Crippen LogP contribution in [0.3, 0.4) is 0 Å². The summed E-state index contributed by atoms with van der Waals surface area (Å²) < 4.78 is 0. The molecule has 1 aliphatic heterocycles. The molecule has 1 heterocycles. The summed E-state index contributed by atoms with van der Waals surface area (Å²) in [6.45, 7) is 4.87. The normalized spacial score (nSPS) is 17.1. The molecular weight excluding hydrogens is 272 g/mol. The molecule has 0 aromatic heterocycles. The van der Waals surface area contributed by atoms with Crippen LogP contribution >= 0.6 is 0 Å². The molecule has 22 heavy (non-hydrogen) atoms. The summed E-state index contributed by atoms with van der Waals surface area (Å²) in [5.74, 6) is 6.35. The van der Waals surface area contributed by atoms with Gasteiger partial charge in [0.1, 0.15) is 0 Å². The smallest absolute Gasteiger partial charge is 0.0832 e. The number of para-hydroxylation sites is 1. The van der Waals surface area contributed by atoms with Crippen molar-refractivity contribution < 1.29 is 0 Å². The lowest BCUT2D eigenvalue weighted by molar-refractivity contribution is 0.343. The predicted octanol–water partition coefficient (Wildman–Crippen LogP) is 2.98. The molecule has 0 bridgehead atoms. The highest BCUT2D eigenvalue weighted by atomic mass is 15.4. The monoisotopic (exact) mass is 294 g/mol. The third-order valence-corrected chi connectivity index (χ3v) is 4.03. The van der Waals surface area contributed by atoms with E-state index in [2.05, 4.69) is 31.3 Å². The van der Waals surface area contributed by atoms with E-state index in [-0.39, 0.29) is 6.04 Å². The van der Waals surface area contributed by atoms with Gasteiger partial charge in [-0.1, -0.05) is 42.5 Å². The second-order valence-electron chi connectivity index (χ2n) is 5.82. The number of benzene rings is 2. The SMILES string of the molecule is CC(C)N(N)/C1=C(\N)c2ccccc2NCc2ccccc21. The van der Waals surface area contributed by atoms with Crippen LogP contribution in [0.25, 0.3) is 11.4 Å². The second-order valence-corrected chi connectivity index (χ2v) is 5.82. The van der Waals surface area contributed by atoms with E-state index in [1.54, 1.807) is 5.01 Å². The maximum atomic E-state index is 6.53. The number of nitrogens with zero attached hydrogens (tertiary/aromatic N) is 1. The first-order chi connectivity index (χ1) is 10.6. The molecule has 0 amide bonds. The average molecular weight is 294 g/mol. The van der Waals surface area contributed by atoms with Crippen molar-refractivity contribution in [3.05, 3.63) is 65.2 Å². The molecule has 2 aromatic carbocycles. The van der Waals surface area contributed by atoms with Crippen LogP contribution in [0, 0.1) is 0 Å². The molecule has 4 nitrogen and oxygen atoms in total. The number of nitrogens with two attached hydrogens (primary N) is 2. The standard InChI is InChI=1S/C18H22N4/c1-12(2)22(20)18-14-8-4-3-7-13(14)11-21-16-10-6-5-9-15(16)17(18)19/h3-10,12,21H,11,19-20H2,1-2H3/b18-17-. The summed E-state index contributed by atoms with van der Waals surface area (Å²) in [4.78, 5) is 0. The van der Waals surface area contributed by atoms with Crippen LogP contribution < -0.4 is 16.9 Å². The van der Waals surface area contributed by atoms with Crippen LogP contribution in [0.2, 0.25) is 0 Å². The summed E-state index contributed by atoms with van der Waals surface area (Å²) in [7, 11) is 0. The predicted molar refractivity (Wildman–Crippen MR) is 92.4 cm³/mol. The highest BCUT2D eigenvalue weighted by Gasteiger charge is 2.22. The van der Waals surface area contributed by atoms with Crippen molar-refractivity contribution in [2.75, 3.05) is 5.32 Å². The number of anilines is 1. The van der Waals surface area contributed by atoms with E-state index in [4.69, 9.17) is 11.6 Å². The summed E-state index contributed by atoms with van der Waals surface area (Å²) in [6, 6.07) is 16.5. The molecule has 0 saturated heterocycles. The van der Waals surface area contributed by atoms with Crippen molar-refractivity contribution in [2.24, 2.45) is 11.6 Å². The van der Waals surface area contributed by atoms with E-state index in [1.807, 2.05) is 36.4 Å². The summed E-state index contributed by atoms with van der Waals surface area (Å²) in [5, 5.41) is 5.23. The van der Waals surface area contributed by atoms with Crippen molar-refractivity contribution in [3.8, 4) is 0 Å². The van der Waals surface area contributed by atoms with Crippen molar-refractivity contribution in [1.82, 2.24) is 5.01 Å². The molecule has 0 atom stereocenters. The minimum atomic E-state index is 0.154. The fourth-order valence-electron chi connectivity index (χ4n) is 2.78. The third kappa shape index (κ3) is 2.42. The molecule has 0 spiro atoms. The molecule has 5 N–H and O–H groups in total. The Bertz CT molecular complexity index is 719. The maximum Gasteiger partial charge on any atom is 0.0832 e. The second kappa shape index (κ2) is 5.73. The fraction of sp³-hybridized carbons (Fsp3) is 0.222. The van der Waals surface area contributed by atoms with Crippen molar-refractivity contribution >= 4 is 17.1 Å². The number of hydrogen-bond acceptors (Lipinski definition) is 4. The van der Waals surface area contributed by atoms with Gasteiger partial charge in [-0.25, -0.2) is 5.84 Å². The Kier molecular flexibility index (Phi) is 3.77. The van der Waals surface area contributed by atoms with Gasteiger partial charge in [-0.15, -0.1) is 0 Å². The van der Waals surface area contributed by atoms with Crippen molar-refractivity contribution in [1.29, 1.82) is 0 Å². The number of hydrazine groups is 1. The fourth-order valence-corrected chi connectivity index (χ4v) is 2.78. The van der Waals surface area contributed by atoms with E-state index < -0.39 is 0 Å². The van der Waals surface area contributed by atoms with Crippen LogP contribution in [0.5, 0.6) is 0 Å². The first kappa shape index (κ1) is 14.5. The van der Waals surface area contributed by atoms with Crippen molar-refractivity contribution in [2.45, 2.75) is 26.4 Å². The van der Waals surface area contributed by atoms with E-state index in [0.717, 1.165) is 29.1 Å². The van der Waals surface area contributed by atoms with Gasteiger partial charge in [0.15, 0.2) is 0 Å². The Morgan fingerprint density at radius 3 is 2.36 bits per heavy atom. The third-order valence-electron chi connectivity index (χ3n) is 4.03. The Morgan fingerprint density at radius 1 is 1.00 bits per heavy atom. The Labute approximate surface area is 131 Å². The lowest BCUT2D eigenvalue weighted by Gasteiger charge is -2.31. The topological polar surface area (TPSA) is 67.3 Å². The molecular formula is C18H22N4. The molecule has 1 aliphatic rings. The Balaban J connectivity index is 2.30. The van der Waals surface area contributed by atoms with E-state index in [0.29, 0.717) is 5.70 Å². The molecule has 0 unspecified atom stereocenters. The van der Waals surface area contributed by atoms with E-state index >= 15 is 0 Å². The zero-order valence-corrected chi connectivity index (χ0v) is 13.0. The minimum Gasteiger partial charge on any atom is -0.396 e. The molecule has 3 rings (SSSR count). The summed E-state index contributed by atoms with van der Waals surface area (Å²) >= 11 is 0. The molecule has 0 aliphatic carbocycles. The zero-order chi connectivity index (χ0) is 15.7. The summed E-state index contributed by atoms with van der Waals surface area (Å²) in [5.41, 5.74) is 12.4. The highest BCUT2D eigenvalue weighted by Crippen LogP contribution is 2.33. The quantitative estimate of drug-likeness (QED) is 0.588. The molecule has 0 radical (unpaired) electrons. The average Bonchev–Trinajstić information content (AvgIpc) is 2.52. The van der Waals surface area contributed by atoms with Gasteiger partial charge in [-0.05, 0) is 25.5 Å². The lowest BCUT2D eigenvalue weighted by Crippen LogP contribution is -2.37. The van der Waals surface area contributed by atoms with Crippen LogP contribution in [-0.2, 0) is 6.54 Å². The van der Waals surface area contributed by atoms with Crippen LogP contribution in [0.4, 0.5) is 5.69 Å². The molecule has 2 aromatic rings. The largest absolute Gasteiger partial charge is 0.396 e. The zero-order valence-electron chi connectivity index (χ0n) is 13.0. The van der Waals surface area contributed by atoms with Gasteiger partial charge in [-0.3, -0.25) is 0 Å². The first-order valence-corrected chi connectivity index (χ1v) is 7.55. The van der Waals surface area contributed by atoms with Gasteiger partial charge in [0.25, 0.3) is 0 Å². The molecule has 0 saturated carbocycles. The molecule has 4 heteroatoms. The van der Waals surface area contributed by atoms with E-state index in [1.165, 1.54) is 5.56 Å². The lowest BCUT2D eigenvalue weighted by atomic mass is 9.96. The van der Waals surface area contributed by atoms with Crippen molar-refractivity contribution in [3.63, 3.8) is 0 Å². The minimum absolute atomic E-state index is 0.154. The number of fused-ring (bicyclic) bond motifs is 2. The van der Waals surface area contributed by atoms with Gasteiger partial charge < -0.3 is 16.1 Å². The van der Waals surface area contributed by atoms with Gasteiger partial charge in [0.05, 0.1) is 11.4 Å².